The first-order valence-corrected chi connectivity index (χ1v) is 49.7. The number of fused-ring (bicyclic) bond motifs is 2. The molecule has 46 heteroatoms. The molecular formula is C85H94BBr4ClF2N9NaO23S5. The van der Waals surface area contributed by atoms with Crippen molar-refractivity contribution in [2.24, 2.45) is 0 Å². The van der Waals surface area contributed by atoms with Gasteiger partial charge in [0.15, 0.2) is 23.0 Å². The number of nitrogens with zero attached hydrogens (tertiary/aromatic N) is 5. The second kappa shape index (κ2) is 46.1. The third-order valence-corrected chi connectivity index (χ3v) is 31.4. The van der Waals surface area contributed by atoms with E-state index in [0.29, 0.717) is 64.8 Å². The number of aryl methyl sites for hydroxylation is 2. The fourth-order valence-corrected chi connectivity index (χ4v) is 18.7. The Kier molecular flexibility index (Phi) is 39.3. The first-order valence-electron chi connectivity index (χ1n) is 38.4. The van der Waals surface area contributed by atoms with Crippen LogP contribution in [-0.2, 0) is 78.9 Å². The van der Waals surface area contributed by atoms with Crippen LogP contribution in [0.15, 0.2) is 206 Å². The average Bonchev–Trinajstić information content (AvgIpc) is 1.58. The van der Waals surface area contributed by atoms with E-state index in [1.54, 1.807) is 24.3 Å². The molecule has 0 bridgehead atoms. The summed E-state index contributed by atoms with van der Waals surface area (Å²) in [7, 11) is 0.296. The first kappa shape index (κ1) is 112. The van der Waals surface area contributed by atoms with Crippen LogP contribution in [0, 0.1) is 36.8 Å². The van der Waals surface area contributed by atoms with Crippen molar-refractivity contribution < 1.29 is 143 Å². The van der Waals surface area contributed by atoms with Gasteiger partial charge >= 0.3 is 48.6 Å². The van der Waals surface area contributed by atoms with Gasteiger partial charge in [-0.25, -0.2) is 77.7 Å². The zero-order chi connectivity index (χ0) is 97.7. The van der Waals surface area contributed by atoms with Crippen LogP contribution in [-0.4, -0.2) is 201 Å². The molecule has 0 unspecified atom stereocenters. The van der Waals surface area contributed by atoms with Crippen LogP contribution in [0.2, 0.25) is 0 Å². The first-order chi connectivity index (χ1) is 60.5. The second-order valence-electron chi connectivity index (χ2n) is 30.8. The van der Waals surface area contributed by atoms with Gasteiger partial charge in [0.1, 0.15) is 32.4 Å². The number of benzene rings is 9. The molecule has 3 fully saturated rings. The molecule has 7 N–H and O–H groups in total. The molecule has 14 rings (SSSR count). The number of nitrogens with one attached hydrogen (secondary N) is 4. The zero-order valence-corrected chi connectivity index (χ0v) is 87.0. The van der Waals surface area contributed by atoms with Gasteiger partial charge in [-0.1, -0.05) is 99.6 Å². The number of carbonyl (C=O) groups excluding carboxylic acids is 2. The van der Waals surface area contributed by atoms with Crippen molar-refractivity contribution in [3.63, 3.8) is 0 Å². The van der Waals surface area contributed by atoms with Gasteiger partial charge in [0.25, 0.3) is 9.05 Å². The van der Waals surface area contributed by atoms with Crippen LogP contribution in [0.25, 0.3) is 17.0 Å². The SMILES string of the molecule is CN(C)S(=O)(=O)c1ccc(Br)cc1C#N.CN(C)S(=O)(=O)c1ccc(Br)cc1C(=O)O.CN(C)S(=O)(=O)c1ccc(Br)cc1F.CNC.Cc1ccc(NC(=O)C2(c3ccc4c(c3)OCO4)CC2)cc1-c1ccc(S(=O)(=O)N(C)C)c(C(=O)O)c1.Cc1ccc(NC(=O)C2(c3ccc4c(c3)OCO4)CC2)cc1B1OC(C)(C)C(C)(C)O1.O=S(=O)(Cl)c1ccc(Br)cc1F.[NH-]O.[Na+]. The number of aromatic carboxylic acids is 2. The van der Waals surface area contributed by atoms with Crippen molar-refractivity contribution in [2.45, 2.75) is 114 Å². The molecule has 9 aromatic rings. The second-order valence-corrected chi connectivity index (χ2v) is 45.5. The van der Waals surface area contributed by atoms with Crippen molar-refractivity contribution in [3.8, 4) is 40.2 Å². The summed E-state index contributed by atoms with van der Waals surface area (Å²) in [6, 6.07) is 44.6. The smallest absolute Gasteiger partial charge is 0.553 e. The number of carboxylic acids is 2. The summed E-state index contributed by atoms with van der Waals surface area (Å²) in [5.74, 6) is 3.09. The van der Waals surface area contributed by atoms with E-state index in [4.69, 9.17) is 60.4 Å². The van der Waals surface area contributed by atoms with Crippen molar-refractivity contribution in [2.75, 3.05) is 94.7 Å². The molecule has 5 aliphatic rings. The Morgan fingerprint density at radius 3 is 1.20 bits per heavy atom. The number of ether oxygens (including phenoxy) is 4. The average molecular weight is 2200 g/mol. The van der Waals surface area contributed by atoms with Gasteiger partial charge < -0.3 is 65.5 Å². The zero-order valence-electron chi connectivity index (χ0n) is 73.8. The number of carboxylic acid groups (broad SMARTS) is 2. The number of nitriles is 1. The molecule has 2 aliphatic carbocycles. The summed E-state index contributed by atoms with van der Waals surface area (Å²) in [5.41, 5.74) is 4.75. The molecule has 32 nitrogen and oxygen atoms in total. The van der Waals surface area contributed by atoms with Crippen LogP contribution < -0.4 is 69.9 Å². The molecular weight excluding hydrogens is 2100 g/mol. The Morgan fingerprint density at radius 1 is 0.466 bits per heavy atom. The van der Waals surface area contributed by atoms with Gasteiger partial charge in [0.05, 0.1) is 48.5 Å². The normalized spacial score (nSPS) is 14.8. The van der Waals surface area contributed by atoms with Crippen molar-refractivity contribution >= 4 is 171 Å². The molecule has 2 saturated carbocycles. The van der Waals surface area contributed by atoms with Crippen LogP contribution in [0.4, 0.5) is 20.2 Å². The van der Waals surface area contributed by atoms with Crippen molar-refractivity contribution in [3.05, 3.63) is 238 Å². The van der Waals surface area contributed by atoms with Crippen LogP contribution >= 0.6 is 74.4 Å². The van der Waals surface area contributed by atoms with E-state index in [1.165, 1.54) is 117 Å². The summed E-state index contributed by atoms with van der Waals surface area (Å²) in [6.45, 7) is 12.4. The van der Waals surface area contributed by atoms with E-state index in [-0.39, 0.29) is 91.2 Å². The Balaban J connectivity index is 0.000000252. The van der Waals surface area contributed by atoms with Crippen LogP contribution in [0.5, 0.6) is 23.0 Å². The minimum atomic E-state index is -3.97. The molecule has 1 saturated heterocycles. The van der Waals surface area contributed by atoms with Gasteiger partial charge in [-0.05, 0) is 248 Å². The Morgan fingerprint density at radius 2 is 0.809 bits per heavy atom. The molecule has 9 aromatic carbocycles. The number of anilines is 2. The number of hydrogen-bond acceptors (Lipinski definition) is 23. The minimum Gasteiger partial charge on any atom is -0.553 e. The molecule has 0 atom stereocenters. The summed E-state index contributed by atoms with van der Waals surface area (Å²) in [5, 5.41) is 42.6. The topological polar surface area (TPSA) is 452 Å². The Hall–Kier alpha value is -7.93. The Labute approximate surface area is 821 Å². The van der Waals surface area contributed by atoms with Gasteiger partial charge in [0, 0.05) is 96.3 Å². The van der Waals surface area contributed by atoms with E-state index in [9.17, 15) is 75.2 Å². The number of carbonyl (C=O) groups is 4. The third kappa shape index (κ3) is 27.3. The van der Waals surface area contributed by atoms with E-state index in [2.05, 4.69) is 79.7 Å². The monoisotopic (exact) mass is 2190 g/mol. The van der Waals surface area contributed by atoms with Crippen LogP contribution in [0.1, 0.15) is 102 Å². The predicted molar refractivity (Wildman–Crippen MR) is 500 cm³/mol. The van der Waals surface area contributed by atoms with E-state index in [1.807, 2.05) is 122 Å². The quantitative estimate of drug-likeness (QED) is 0.0249. The molecule has 3 heterocycles. The maximum absolute atomic E-state index is 13.4. The van der Waals surface area contributed by atoms with Crippen LogP contribution in [0.3, 0.4) is 0 Å². The molecule has 0 aromatic heterocycles. The molecule has 3 aliphatic heterocycles. The molecule has 700 valence electrons. The Bertz CT molecular complexity index is 6410. The number of rotatable bonds is 19. The van der Waals surface area contributed by atoms with Crippen molar-refractivity contribution in [1.29, 1.82) is 5.26 Å². The minimum absolute atomic E-state index is 0. The fraction of sp³-hybridized carbons (Fsp3) is 0.306. The summed E-state index contributed by atoms with van der Waals surface area (Å²) in [4.78, 5) is 48.2. The number of hydrogen-bond donors (Lipinski definition) is 6. The van der Waals surface area contributed by atoms with Gasteiger partial charge in [0.2, 0.25) is 65.5 Å². The van der Waals surface area contributed by atoms with Gasteiger partial charge in [-0.15, -0.1) is 0 Å². The maximum atomic E-state index is 13.4. The van der Waals surface area contributed by atoms with Crippen molar-refractivity contribution in [1.82, 2.24) is 22.5 Å². The fourth-order valence-electron chi connectivity index (χ4n) is 12.3. The molecule has 0 spiro atoms. The van der Waals surface area contributed by atoms with Gasteiger partial charge in [-0.2, -0.15) is 5.26 Å². The summed E-state index contributed by atoms with van der Waals surface area (Å²) < 4.78 is 183. The number of halogens is 7. The van der Waals surface area contributed by atoms with E-state index in [0.717, 1.165) is 87.4 Å². The third-order valence-electron chi connectivity index (χ3n) is 20.6. The molecule has 0 radical (unpaired) electrons. The molecule has 2 amide bonds. The van der Waals surface area contributed by atoms with E-state index >= 15 is 0 Å². The number of sulfonamides is 4. The summed E-state index contributed by atoms with van der Waals surface area (Å²) in [6.07, 6.45) is 3.05. The molecule has 131 heavy (non-hydrogen) atoms. The predicted octanol–water partition coefficient (Wildman–Crippen LogP) is 12.3. The number of amides is 2. The largest absolute Gasteiger partial charge is 1.00 e. The van der Waals surface area contributed by atoms with Gasteiger partial charge in [-0.3, -0.25) is 9.59 Å². The maximum Gasteiger partial charge on any atom is 1.00 e. The summed E-state index contributed by atoms with van der Waals surface area (Å²) >= 11 is 12.3. The standard InChI is InChI=1S/C27H26N2O7S.C24H28BNO5.C9H9BrN2O2S.C9H10BrNO4S.C8H9BrFNO2S.C6H3BrClFO2S.C2H7N.H2NO.Na/c1-16-4-7-19(28-26(32)27(10-11-27)18-6-8-22-23(13-18)36-15-35-22)14-20(16)17-5-9-24(21(12-17)25(30)31)37(33,34)29(2)3;1-15-6-8-17(13-18(15)25-30-22(2,3)23(4,5)31-25)26-21(27)24(10-11-24)16-7-9-19-20(12-16)29-14-28-19;1-12(2)15(13,14)9-4-3-8(10)5-7(9)6-11;1-11(2)16(14,15)8-4-3-6(10)5-7(8)9(12)13;1-11(2)14(12,13)8-4-3-6(9)5-7(8)10;7-4-1-2-6(5(9)3-4)12(8,10)11;1-3-2;1-2;/h4-9,12-14H,10-11,15H2,1-3H3,(H,28,32)(H,30,31);6-9,12-13H,10-11,14H2,1-5H3,(H,26,27);3-5H,1-2H3;3-5H,1-2H3,(H,12,13);3-5H,1-2H3;1-3H;3H,1-2H3;1-2H;/q;;;;;;;-1;+1. The van der Waals surface area contributed by atoms with E-state index < -0.39 is 107 Å².